The van der Waals surface area contributed by atoms with E-state index in [1.54, 1.807) is 24.3 Å². The summed E-state index contributed by atoms with van der Waals surface area (Å²) in [6.45, 7) is 0. The first-order valence-electron chi connectivity index (χ1n) is 4.67. The predicted molar refractivity (Wildman–Crippen MR) is 63.2 cm³/mol. The fourth-order valence-corrected chi connectivity index (χ4v) is 1.80. The average molecular weight is 255 g/mol. The summed E-state index contributed by atoms with van der Waals surface area (Å²) in [6.07, 6.45) is 3.33. The maximum atomic E-state index is 11.9. The van der Waals surface area contributed by atoms with Crippen LogP contribution in [0.3, 0.4) is 0 Å². The first-order valence-corrected chi connectivity index (χ1v) is 5.42. The van der Waals surface area contributed by atoms with Crippen LogP contribution in [-0.2, 0) is 6.42 Å². The highest BCUT2D eigenvalue weighted by Gasteiger charge is 2.13. The molecule has 0 aliphatic heterocycles. The minimum Gasteiger partial charge on any atom is -0.472 e. The van der Waals surface area contributed by atoms with Gasteiger partial charge in [0.25, 0.3) is 0 Å². The molecule has 82 valence electrons. The molecule has 0 radical (unpaired) electrons. The molecule has 2 nitrogen and oxygen atoms in total. The molecule has 0 atom stereocenters. The number of carbonyl (C=O) groups excluding carboxylic acids is 1. The van der Waals surface area contributed by atoms with Crippen LogP contribution in [-0.4, -0.2) is 5.78 Å². The molecule has 0 N–H and O–H groups in total. The zero-order chi connectivity index (χ0) is 11.5. The van der Waals surface area contributed by atoms with Crippen molar-refractivity contribution < 1.29 is 9.21 Å². The average Bonchev–Trinajstić information content (AvgIpc) is 2.74. The van der Waals surface area contributed by atoms with Crippen molar-refractivity contribution in [3.63, 3.8) is 0 Å². The van der Waals surface area contributed by atoms with E-state index in [1.807, 2.05) is 0 Å². The normalized spacial score (nSPS) is 10.4. The lowest BCUT2D eigenvalue weighted by Gasteiger charge is -2.03. The lowest BCUT2D eigenvalue weighted by atomic mass is 10.1. The second-order valence-corrected chi connectivity index (χ2v) is 4.12. The second-order valence-electron chi connectivity index (χ2n) is 3.33. The summed E-state index contributed by atoms with van der Waals surface area (Å²) in [5.41, 5.74) is 1.26. The number of halogens is 2. The molecule has 0 saturated heterocycles. The molecule has 0 unspecified atom stereocenters. The van der Waals surface area contributed by atoms with Gasteiger partial charge >= 0.3 is 0 Å². The van der Waals surface area contributed by atoms with Gasteiger partial charge in [-0.05, 0) is 23.8 Å². The van der Waals surface area contributed by atoms with Gasteiger partial charge in [-0.2, -0.15) is 0 Å². The van der Waals surface area contributed by atoms with E-state index >= 15 is 0 Å². The zero-order valence-corrected chi connectivity index (χ0v) is 9.76. The number of hydrogen-bond donors (Lipinski definition) is 0. The van der Waals surface area contributed by atoms with Crippen molar-refractivity contribution in [2.45, 2.75) is 6.42 Å². The van der Waals surface area contributed by atoms with E-state index in [0.717, 1.165) is 5.56 Å². The standard InChI is InChI=1S/C12H8Cl2O2/c13-10-3-1-2-9(12(10)14)11(15)6-8-4-5-16-7-8/h1-5,7H,6H2. The number of Topliss-reactive ketones (excluding diaryl/α,β-unsaturated/α-hetero) is 1. The quantitative estimate of drug-likeness (QED) is 0.775. The van der Waals surface area contributed by atoms with E-state index in [2.05, 4.69) is 0 Å². The Kier molecular flexibility index (Phi) is 3.32. The van der Waals surface area contributed by atoms with E-state index < -0.39 is 0 Å². The fourth-order valence-electron chi connectivity index (χ4n) is 1.39. The summed E-state index contributed by atoms with van der Waals surface area (Å²) < 4.78 is 4.89. The van der Waals surface area contributed by atoms with Gasteiger partial charge in [0, 0.05) is 12.0 Å². The van der Waals surface area contributed by atoms with E-state index in [0.29, 0.717) is 15.6 Å². The lowest BCUT2D eigenvalue weighted by molar-refractivity contribution is 0.0993. The Labute approximate surface area is 103 Å². The third-order valence-electron chi connectivity index (χ3n) is 2.20. The van der Waals surface area contributed by atoms with Crippen LogP contribution in [0.15, 0.2) is 41.2 Å². The maximum Gasteiger partial charge on any atom is 0.168 e. The minimum atomic E-state index is -0.0751. The summed E-state index contributed by atoms with van der Waals surface area (Å²) in [5.74, 6) is -0.0751. The predicted octanol–water partition coefficient (Wildman–Crippen LogP) is 4.01. The Morgan fingerprint density at radius 1 is 1.25 bits per heavy atom. The third kappa shape index (κ3) is 2.29. The Hall–Kier alpha value is -1.25. The second kappa shape index (κ2) is 4.73. The minimum absolute atomic E-state index is 0.0751. The SMILES string of the molecule is O=C(Cc1ccoc1)c1cccc(Cl)c1Cl. The van der Waals surface area contributed by atoms with Crippen molar-refractivity contribution in [1.82, 2.24) is 0 Å². The summed E-state index contributed by atoms with van der Waals surface area (Å²) >= 11 is 11.8. The van der Waals surface area contributed by atoms with Gasteiger partial charge in [-0.3, -0.25) is 4.79 Å². The molecule has 2 rings (SSSR count). The van der Waals surface area contributed by atoms with Gasteiger partial charge in [0.05, 0.1) is 22.6 Å². The molecule has 0 spiro atoms. The van der Waals surface area contributed by atoms with Crippen LogP contribution in [0, 0.1) is 0 Å². The summed E-state index contributed by atoms with van der Waals surface area (Å²) in [5, 5.41) is 0.692. The van der Waals surface area contributed by atoms with Crippen LogP contribution in [0.1, 0.15) is 15.9 Å². The van der Waals surface area contributed by atoms with Crippen molar-refractivity contribution in [1.29, 1.82) is 0 Å². The van der Waals surface area contributed by atoms with Crippen molar-refractivity contribution in [3.8, 4) is 0 Å². The number of rotatable bonds is 3. The Morgan fingerprint density at radius 2 is 2.06 bits per heavy atom. The van der Waals surface area contributed by atoms with Gasteiger partial charge in [-0.25, -0.2) is 0 Å². The summed E-state index contributed by atoms with van der Waals surface area (Å²) in [7, 11) is 0. The van der Waals surface area contributed by atoms with Crippen LogP contribution in [0.5, 0.6) is 0 Å². The van der Waals surface area contributed by atoms with Gasteiger partial charge < -0.3 is 4.42 Å². The van der Waals surface area contributed by atoms with E-state index in [1.165, 1.54) is 12.5 Å². The van der Waals surface area contributed by atoms with Gasteiger partial charge in [0.2, 0.25) is 0 Å². The van der Waals surface area contributed by atoms with Gasteiger partial charge in [0.15, 0.2) is 5.78 Å². The maximum absolute atomic E-state index is 11.9. The van der Waals surface area contributed by atoms with Crippen molar-refractivity contribution >= 4 is 29.0 Å². The highest BCUT2D eigenvalue weighted by Crippen LogP contribution is 2.26. The molecule has 1 aromatic carbocycles. The lowest BCUT2D eigenvalue weighted by Crippen LogP contribution is -2.03. The first kappa shape index (κ1) is 11.2. The molecule has 4 heteroatoms. The third-order valence-corrected chi connectivity index (χ3v) is 3.02. The molecule has 0 fully saturated rings. The highest BCUT2D eigenvalue weighted by atomic mass is 35.5. The van der Waals surface area contributed by atoms with E-state index in [-0.39, 0.29) is 12.2 Å². The summed E-state index contributed by atoms with van der Waals surface area (Å²) in [6, 6.07) is 6.77. The highest BCUT2D eigenvalue weighted by molar-refractivity contribution is 6.43. The molecule has 0 amide bonds. The number of carbonyl (C=O) groups is 1. The molecular formula is C12H8Cl2O2. The van der Waals surface area contributed by atoms with Crippen molar-refractivity contribution in [2.24, 2.45) is 0 Å². The van der Waals surface area contributed by atoms with E-state index in [9.17, 15) is 4.79 Å². The van der Waals surface area contributed by atoms with Crippen LogP contribution in [0.25, 0.3) is 0 Å². The van der Waals surface area contributed by atoms with Crippen LogP contribution in [0.4, 0.5) is 0 Å². The smallest absolute Gasteiger partial charge is 0.168 e. The molecule has 16 heavy (non-hydrogen) atoms. The van der Waals surface area contributed by atoms with Gasteiger partial charge in [-0.15, -0.1) is 0 Å². The Bertz CT molecular complexity index is 504. The zero-order valence-electron chi connectivity index (χ0n) is 8.24. The fraction of sp³-hybridized carbons (Fsp3) is 0.0833. The molecule has 0 aliphatic carbocycles. The summed E-state index contributed by atoms with van der Waals surface area (Å²) in [4.78, 5) is 11.9. The molecule has 1 heterocycles. The molecule has 1 aromatic heterocycles. The molecule has 2 aromatic rings. The Balaban J connectivity index is 2.24. The topological polar surface area (TPSA) is 30.2 Å². The van der Waals surface area contributed by atoms with Crippen molar-refractivity contribution in [2.75, 3.05) is 0 Å². The monoisotopic (exact) mass is 254 g/mol. The van der Waals surface area contributed by atoms with Crippen LogP contribution >= 0.6 is 23.2 Å². The van der Waals surface area contributed by atoms with Gasteiger partial charge in [0.1, 0.15) is 0 Å². The molecule has 0 bridgehead atoms. The largest absolute Gasteiger partial charge is 0.472 e. The first-order chi connectivity index (χ1) is 7.68. The van der Waals surface area contributed by atoms with Crippen LogP contribution in [0.2, 0.25) is 10.0 Å². The number of ketones is 1. The van der Waals surface area contributed by atoms with E-state index in [4.69, 9.17) is 27.6 Å². The molecule has 0 saturated carbocycles. The molecule has 0 aliphatic rings. The molecular weight excluding hydrogens is 247 g/mol. The van der Waals surface area contributed by atoms with Crippen LogP contribution < -0.4 is 0 Å². The number of benzene rings is 1. The van der Waals surface area contributed by atoms with Gasteiger partial charge in [-0.1, -0.05) is 29.3 Å². The number of furan rings is 1. The Morgan fingerprint density at radius 3 is 2.75 bits per heavy atom. The number of hydrogen-bond acceptors (Lipinski definition) is 2. The van der Waals surface area contributed by atoms with Crippen molar-refractivity contribution in [3.05, 3.63) is 58.0 Å².